The SMILES string of the molecule is COc1c(C)c2c(c(O)c1C/C=C1/CCCC1CC(=O)O)C(=O)OC2. The van der Waals surface area contributed by atoms with Crippen molar-refractivity contribution < 1.29 is 29.3 Å². The number of fused-ring (bicyclic) bond motifs is 1. The number of allylic oxidation sites excluding steroid dienone is 2. The van der Waals surface area contributed by atoms with E-state index in [1.807, 2.05) is 13.0 Å². The van der Waals surface area contributed by atoms with Gasteiger partial charge in [0.2, 0.25) is 0 Å². The highest BCUT2D eigenvalue weighted by Crippen LogP contribution is 2.42. The highest BCUT2D eigenvalue weighted by atomic mass is 16.5. The van der Waals surface area contributed by atoms with E-state index in [9.17, 15) is 14.7 Å². The second-order valence-electron chi connectivity index (χ2n) is 6.59. The Kier molecular flexibility index (Phi) is 4.70. The van der Waals surface area contributed by atoms with Crippen molar-refractivity contribution in [1.82, 2.24) is 0 Å². The second kappa shape index (κ2) is 6.78. The maximum Gasteiger partial charge on any atom is 0.342 e. The van der Waals surface area contributed by atoms with E-state index in [4.69, 9.17) is 14.6 Å². The van der Waals surface area contributed by atoms with Crippen LogP contribution < -0.4 is 4.74 Å². The quantitative estimate of drug-likeness (QED) is 0.628. The zero-order valence-electron chi connectivity index (χ0n) is 14.4. The van der Waals surface area contributed by atoms with Crippen LogP contribution in [0.1, 0.15) is 52.7 Å². The molecular weight excluding hydrogens is 324 g/mol. The molecule has 1 aliphatic carbocycles. The number of aliphatic carboxylic acids is 1. The molecule has 6 heteroatoms. The van der Waals surface area contributed by atoms with E-state index in [1.54, 1.807) is 0 Å². The van der Waals surface area contributed by atoms with Crippen LogP contribution in [0, 0.1) is 12.8 Å². The molecule has 0 saturated heterocycles. The van der Waals surface area contributed by atoms with Gasteiger partial charge >= 0.3 is 11.9 Å². The first-order valence-electron chi connectivity index (χ1n) is 8.43. The summed E-state index contributed by atoms with van der Waals surface area (Å²) < 4.78 is 10.5. The number of hydrogen-bond donors (Lipinski definition) is 2. The van der Waals surface area contributed by atoms with Gasteiger partial charge in [0.05, 0.1) is 13.5 Å². The van der Waals surface area contributed by atoms with Crippen molar-refractivity contribution in [3.05, 3.63) is 33.9 Å². The third kappa shape index (κ3) is 3.08. The molecule has 1 fully saturated rings. The second-order valence-corrected chi connectivity index (χ2v) is 6.59. The molecule has 1 heterocycles. The number of ether oxygens (including phenoxy) is 2. The minimum atomic E-state index is -0.797. The summed E-state index contributed by atoms with van der Waals surface area (Å²) in [6.07, 6.45) is 5.21. The average molecular weight is 346 g/mol. The van der Waals surface area contributed by atoms with Gasteiger partial charge in [-0.25, -0.2) is 4.79 Å². The van der Waals surface area contributed by atoms with Crippen LogP contribution in [0.4, 0.5) is 0 Å². The van der Waals surface area contributed by atoms with Gasteiger partial charge in [0.1, 0.15) is 23.7 Å². The highest BCUT2D eigenvalue weighted by Gasteiger charge is 2.32. The molecule has 134 valence electrons. The third-order valence-electron chi connectivity index (χ3n) is 5.18. The van der Waals surface area contributed by atoms with E-state index >= 15 is 0 Å². The number of carboxylic acid groups (broad SMARTS) is 1. The Morgan fingerprint density at radius 2 is 2.20 bits per heavy atom. The van der Waals surface area contributed by atoms with E-state index in [0.29, 0.717) is 23.3 Å². The fourth-order valence-electron chi connectivity index (χ4n) is 3.92. The summed E-state index contributed by atoms with van der Waals surface area (Å²) in [6.45, 7) is 1.99. The number of carboxylic acids is 1. The Morgan fingerprint density at radius 1 is 1.44 bits per heavy atom. The molecule has 2 aliphatic rings. The van der Waals surface area contributed by atoms with E-state index in [0.717, 1.165) is 30.4 Å². The molecular formula is C19H22O6. The minimum absolute atomic E-state index is 0.0473. The summed E-state index contributed by atoms with van der Waals surface area (Å²) in [5, 5.41) is 19.6. The number of carbonyl (C=O) groups excluding carboxylic acids is 1. The molecule has 2 N–H and O–H groups in total. The number of phenols is 1. The van der Waals surface area contributed by atoms with Crippen LogP contribution in [0.15, 0.2) is 11.6 Å². The lowest BCUT2D eigenvalue weighted by Gasteiger charge is -2.16. The monoisotopic (exact) mass is 346 g/mol. The Balaban J connectivity index is 1.96. The molecule has 25 heavy (non-hydrogen) atoms. The van der Waals surface area contributed by atoms with Gasteiger partial charge in [0.15, 0.2) is 0 Å². The molecule has 0 amide bonds. The number of phenolic OH excluding ortho intramolecular Hbond substituents is 1. The van der Waals surface area contributed by atoms with Crippen LogP contribution >= 0.6 is 0 Å². The van der Waals surface area contributed by atoms with Gasteiger partial charge in [-0.3, -0.25) is 4.79 Å². The van der Waals surface area contributed by atoms with Gasteiger partial charge in [-0.2, -0.15) is 0 Å². The molecule has 1 saturated carbocycles. The Morgan fingerprint density at radius 3 is 2.88 bits per heavy atom. The van der Waals surface area contributed by atoms with Crippen LogP contribution in [-0.4, -0.2) is 29.3 Å². The number of hydrogen-bond acceptors (Lipinski definition) is 5. The van der Waals surface area contributed by atoms with Crippen LogP contribution in [0.2, 0.25) is 0 Å². The van der Waals surface area contributed by atoms with Gasteiger partial charge in [-0.1, -0.05) is 11.6 Å². The molecule has 3 rings (SSSR count). The first-order chi connectivity index (χ1) is 11.9. The van der Waals surface area contributed by atoms with Gasteiger partial charge in [0, 0.05) is 11.1 Å². The Labute approximate surface area is 146 Å². The van der Waals surface area contributed by atoms with E-state index < -0.39 is 11.9 Å². The molecule has 0 radical (unpaired) electrons. The van der Waals surface area contributed by atoms with Crippen molar-refractivity contribution in [3.8, 4) is 11.5 Å². The van der Waals surface area contributed by atoms with Crippen molar-refractivity contribution in [1.29, 1.82) is 0 Å². The Hall–Kier alpha value is -2.50. The largest absolute Gasteiger partial charge is 0.507 e. The van der Waals surface area contributed by atoms with Crippen LogP contribution in [0.25, 0.3) is 0 Å². The van der Waals surface area contributed by atoms with Gasteiger partial charge in [-0.05, 0) is 44.1 Å². The van der Waals surface area contributed by atoms with E-state index in [2.05, 4.69) is 0 Å². The summed E-state index contributed by atoms with van der Waals surface area (Å²) in [4.78, 5) is 22.9. The van der Waals surface area contributed by atoms with Crippen LogP contribution in [-0.2, 0) is 22.6 Å². The third-order valence-corrected chi connectivity index (χ3v) is 5.18. The first-order valence-corrected chi connectivity index (χ1v) is 8.43. The van der Waals surface area contributed by atoms with Crippen molar-refractivity contribution in [3.63, 3.8) is 0 Å². The summed E-state index contributed by atoms with van der Waals surface area (Å²) in [7, 11) is 1.53. The topological polar surface area (TPSA) is 93.1 Å². The summed E-state index contributed by atoms with van der Waals surface area (Å²) in [5.41, 5.74) is 3.33. The number of cyclic esters (lactones) is 1. The number of carbonyl (C=O) groups is 2. The maximum atomic E-state index is 11.9. The van der Waals surface area contributed by atoms with E-state index in [1.165, 1.54) is 7.11 Å². The lowest BCUT2D eigenvalue weighted by molar-refractivity contribution is -0.137. The lowest BCUT2D eigenvalue weighted by atomic mass is 9.93. The summed E-state index contributed by atoms with van der Waals surface area (Å²) in [6, 6.07) is 0. The molecule has 1 aliphatic heterocycles. The molecule has 0 spiro atoms. The van der Waals surface area contributed by atoms with Crippen LogP contribution in [0.3, 0.4) is 0 Å². The molecule has 1 atom stereocenters. The zero-order valence-corrected chi connectivity index (χ0v) is 14.4. The minimum Gasteiger partial charge on any atom is -0.507 e. The smallest absolute Gasteiger partial charge is 0.342 e. The average Bonchev–Trinajstić information content (AvgIpc) is 3.15. The predicted octanol–water partition coefficient (Wildman–Crippen LogP) is 3.12. The lowest BCUT2D eigenvalue weighted by Crippen LogP contribution is -2.06. The highest BCUT2D eigenvalue weighted by molar-refractivity contribution is 5.98. The standard InChI is InChI=1S/C19H22O6/c1-10-14-9-25-19(23)16(14)17(22)13(18(10)24-2)7-6-11-4-3-5-12(11)8-15(20)21/h6,12,22H,3-5,7-9H2,1-2H3,(H,20,21)/b11-6-. The van der Waals surface area contributed by atoms with Gasteiger partial charge in [0.25, 0.3) is 0 Å². The number of methoxy groups -OCH3 is 1. The molecule has 0 bridgehead atoms. The number of esters is 1. The molecule has 1 aromatic rings. The summed E-state index contributed by atoms with van der Waals surface area (Å²) in [5.74, 6) is -0.805. The van der Waals surface area contributed by atoms with Gasteiger partial charge < -0.3 is 19.7 Å². The zero-order chi connectivity index (χ0) is 18.1. The molecule has 6 nitrogen and oxygen atoms in total. The van der Waals surface area contributed by atoms with Crippen molar-refractivity contribution in [2.24, 2.45) is 5.92 Å². The fourth-order valence-corrected chi connectivity index (χ4v) is 3.92. The maximum absolute atomic E-state index is 11.9. The number of rotatable bonds is 5. The first kappa shape index (κ1) is 17.3. The van der Waals surface area contributed by atoms with Gasteiger partial charge in [-0.15, -0.1) is 0 Å². The van der Waals surface area contributed by atoms with Crippen molar-refractivity contribution in [2.45, 2.75) is 45.6 Å². The van der Waals surface area contributed by atoms with Crippen molar-refractivity contribution >= 4 is 11.9 Å². The Bertz CT molecular complexity index is 762. The molecule has 1 unspecified atom stereocenters. The fraction of sp³-hybridized carbons (Fsp3) is 0.474. The van der Waals surface area contributed by atoms with Crippen LogP contribution in [0.5, 0.6) is 11.5 Å². The number of aromatic hydroxyl groups is 1. The molecule has 1 aromatic carbocycles. The number of benzene rings is 1. The normalized spacial score (nSPS) is 20.6. The van der Waals surface area contributed by atoms with Crippen molar-refractivity contribution in [2.75, 3.05) is 7.11 Å². The predicted molar refractivity (Wildman–Crippen MR) is 89.9 cm³/mol. The van der Waals surface area contributed by atoms with E-state index in [-0.39, 0.29) is 30.3 Å². The molecule has 0 aromatic heterocycles. The summed E-state index contributed by atoms with van der Waals surface area (Å²) >= 11 is 0.